The highest BCUT2D eigenvalue weighted by atomic mass is 79.9. The standard InChI is InChI=1S/C13H13BrN2O/c1-2-16(11-6-4-3-5-7-11)13(17)12-8-10(14)9-15-12/h3-9,15H,2H2,1H3. The van der Waals surface area contributed by atoms with Crippen molar-refractivity contribution in [3.63, 3.8) is 0 Å². The summed E-state index contributed by atoms with van der Waals surface area (Å²) in [6.45, 7) is 2.60. The molecule has 17 heavy (non-hydrogen) atoms. The summed E-state index contributed by atoms with van der Waals surface area (Å²) in [6, 6.07) is 11.4. The third-order valence-electron chi connectivity index (χ3n) is 2.51. The Morgan fingerprint density at radius 2 is 2.06 bits per heavy atom. The van der Waals surface area contributed by atoms with E-state index in [2.05, 4.69) is 20.9 Å². The van der Waals surface area contributed by atoms with Crippen molar-refractivity contribution in [2.45, 2.75) is 6.92 Å². The fraction of sp³-hybridized carbons (Fsp3) is 0.154. The van der Waals surface area contributed by atoms with Crippen LogP contribution >= 0.6 is 15.9 Å². The molecule has 88 valence electrons. The largest absolute Gasteiger partial charge is 0.356 e. The van der Waals surface area contributed by atoms with Crippen LogP contribution in [0.5, 0.6) is 0 Å². The van der Waals surface area contributed by atoms with Crippen LogP contribution in [-0.4, -0.2) is 17.4 Å². The normalized spacial score (nSPS) is 10.2. The number of carbonyl (C=O) groups excluding carboxylic acids is 1. The average molecular weight is 293 g/mol. The number of hydrogen-bond donors (Lipinski definition) is 1. The number of hydrogen-bond acceptors (Lipinski definition) is 1. The Labute approximate surface area is 109 Å². The van der Waals surface area contributed by atoms with Gasteiger partial charge in [0.25, 0.3) is 5.91 Å². The van der Waals surface area contributed by atoms with Gasteiger partial charge in [0.05, 0.1) is 0 Å². The molecule has 1 N–H and O–H groups in total. The first-order valence-electron chi connectivity index (χ1n) is 5.43. The van der Waals surface area contributed by atoms with Crippen LogP contribution < -0.4 is 4.90 Å². The molecule has 2 rings (SSSR count). The summed E-state index contributed by atoms with van der Waals surface area (Å²) in [5.74, 6) is -0.0237. The summed E-state index contributed by atoms with van der Waals surface area (Å²) in [7, 11) is 0. The predicted molar refractivity (Wildman–Crippen MR) is 72.3 cm³/mol. The van der Waals surface area contributed by atoms with Crippen LogP contribution in [0.15, 0.2) is 47.1 Å². The lowest BCUT2D eigenvalue weighted by Crippen LogP contribution is -2.30. The third kappa shape index (κ3) is 2.58. The number of amides is 1. The van der Waals surface area contributed by atoms with Crippen LogP contribution in [0.4, 0.5) is 5.69 Å². The first-order valence-corrected chi connectivity index (χ1v) is 6.22. The zero-order valence-corrected chi connectivity index (χ0v) is 11.1. The Kier molecular flexibility index (Phi) is 3.64. The Morgan fingerprint density at radius 1 is 1.35 bits per heavy atom. The highest BCUT2D eigenvalue weighted by Crippen LogP contribution is 2.18. The van der Waals surface area contributed by atoms with Crippen molar-refractivity contribution in [1.82, 2.24) is 4.98 Å². The van der Waals surface area contributed by atoms with Crippen molar-refractivity contribution in [2.24, 2.45) is 0 Å². The van der Waals surface area contributed by atoms with E-state index in [1.165, 1.54) is 0 Å². The maximum atomic E-state index is 12.3. The molecular weight excluding hydrogens is 280 g/mol. The van der Waals surface area contributed by atoms with E-state index < -0.39 is 0 Å². The average Bonchev–Trinajstić information content (AvgIpc) is 2.78. The van der Waals surface area contributed by atoms with Crippen molar-refractivity contribution in [3.8, 4) is 0 Å². The van der Waals surface area contributed by atoms with E-state index in [1.54, 1.807) is 17.2 Å². The molecule has 1 amide bonds. The number of H-pyrrole nitrogens is 1. The van der Waals surface area contributed by atoms with Crippen LogP contribution in [0.25, 0.3) is 0 Å². The van der Waals surface area contributed by atoms with Crippen LogP contribution in [0.2, 0.25) is 0 Å². The molecule has 1 aromatic heterocycles. The molecule has 3 nitrogen and oxygen atoms in total. The van der Waals surface area contributed by atoms with Gasteiger partial charge in [0.15, 0.2) is 0 Å². The highest BCUT2D eigenvalue weighted by Gasteiger charge is 2.16. The zero-order valence-electron chi connectivity index (χ0n) is 9.48. The summed E-state index contributed by atoms with van der Waals surface area (Å²) in [6.07, 6.45) is 1.76. The first kappa shape index (κ1) is 11.9. The number of carbonyl (C=O) groups is 1. The lowest BCUT2D eigenvalue weighted by Gasteiger charge is -2.20. The van der Waals surface area contributed by atoms with Gasteiger partial charge in [0, 0.05) is 22.9 Å². The number of aromatic amines is 1. The van der Waals surface area contributed by atoms with Crippen LogP contribution in [0, 0.1) is 0 Å². The number of nitrogens with zero attached hydrogens (tertiary/aromatic N) is 1. The van der Waals surface area contributed by atoms with Gasteiger partial charge < -0.3 is 9.88 Å². The first-order chi connectivity index (χ1) is 8.22. The number of aromatic nitrogens is 1. The van der Waals surface area contributed by atoms with E-state index in [0.29, 0.717) is 12.2 Å². The molecule has 4 heteroatoms. The van der Waals surface area contributed by atoms with Crippen LogP contribution in [-0.2, 0) is 0 Å². The van der Waals surface area contributed by atoms with Gasteiger partial charge in [-0.05, 0) is 41.1 Å². The van der Waals surface area contributed by atoms with Crippen molar-refractivity contribution in [2.75, 3.05) is 11.4 Å². The smallest absolute Gasteiger partial charge is 0.274 e. The molecule has 2 aromatic rings. The highest BCUT2D eigenvalue weighted by molar-refractivity contribution is 9.10. The van der Waals surface area contributed by atoms with Gasteiger partial charge in [0.2, 0.25) is 0 Å². The van der Waals surface area contributed by atoms with Gasteiger partial charge in [-0.15, -0.1) is 0 Å². The van der Waals surface area contributed by atoms with E-state index in [4.69, 9.17) is 0 Å². The molecule has 0 saturated carbocycles. The number of para-hydroxylation sites is 1. The molecule has 1 heterocycles. The Bertz CT molecular complexity index is 507. The van der Waals surface area contributed by atoms with E-state index in [0.717, 1.165) is 10.2 Å². The van der Waals surface area contributed by atoms with E-state index in [1.807, 2.05) is 37.3 Å². The van der Waals surface area contributed by atoms with E-state index >= 15 is 0 Å². The second-order valence-electron chi connectivity index (χ2n) is 3.62. The molecule has 0 atom stereocenters. The second-order valence-corrected chi connectivity index (χ2v) is 4.53. The monoisotopic (exact) mass is 292 g/mol. The molecule has 0 aliphatic heterocycles. The minimum Gasteiger partial charge on any atom is -0.356 e. The molecule has 0 unspecified atom stereocenters. The van der Waals surface area contributed by atoms with E-state index in [9.17, 15) is 4.79 Å². The quantitative estimate of drug-likeness (QED) is 0.924. The number of benzene rings is 1. The van der Waals surface area contributed by atoms with E-state index in [-0.39, 0.29) is 5.91 Å². The summed E-state index contributed by atoms with van der Waals surface area (Å²) in [5, 5.41) is 0. The summed E-state index contributed by atoms with van der Waals surface area (Å²) < 4.78 is 0.880. The summed E-state index contributed by atoms with van der Waals surface area (Å²) in [4.78, 5) is 16.9. The van der Waals surface area contributed by atoms with Gasteiger partial charge in [-0.25, -0.2) is 0 Å². The maximum Gasteiger partial charge on any atom is 0.274 e. The number of nitrogens with one attached hydrogen (secondary N) is 1. The van der Waals surface area contributed by atoms with Gasteiger partial charge in [-0.3, -0.25) is 4.79 Å². The zero-order chi connectivity index (χ0) is 12.3. The molecule has 0 fully saturated rings. The number of anilines is 1. The molecule has 1 aromatic carbocycles. The van der Waals surface area contributed by atoms with Gasteiger partial charge in [0.1, 0.15) is 5.69 Å². The summed E-state index contributed by atoms with van der Waals surface area (Å²) in [5.41, 5.74) is 1.49. The van der Waals surface area contributed by atoms with Gasteiger partial charge in [-0.1, -0.05) is 18.2 Å². The second kappa shape index (κ2) is 5.19. The fourth-order valence-corrected chi connectivity index (χ4v) is 2.03. The molecule has 0 aliphatic rings. The van der Waals surface area contributed by atoms with Crippen molar-refractivity contribution < 1.29 is 4.79 Å². The van der Waals surface area contributed by atoms with Crippen molar-refractivity contribution in [1.29, 1.82) is 0 Å². The predicted octanol–water partition coefficient (Wildman–Crippen LogP) is 3.44. The molecule has 0 aliphatic carbocycles. The molecule has 0 saturated heterocycles. The Balaban J connectivity index is 2.28. The third-order valence-corrected chi connectivity index (χ3v) is 2.97. The maximum absolute atomic E-state index is 12.3. The minimum atomic E-state index is -0.0237. The molecule has 0 spiro atoms. The Hall–Kier alpha value is -1.55. The molecule has 0 bridgehead atoms. The van der Waals surface area contributed by atoms with Crippen LogP contribution in [0.1, 0.15) is 17.4 Å². The Morgan fingerprint density at radius 3 is 2.59 bits per heavy atom. The van der Waals surface area contributed by atoms with Crippen molar-refractivity contribution >= 4 is 27.5 Å². The van der Waals surface area contributed by atoms with Crippen LogP contribution in [0.3, 0.4) is 0 Å². The number of halogens is 1. The molecular formula is C13H13BrN2O. The number of rotatable bonds is 3. The fourth-order valence-electron chi connectivity index (χ4n) is 1.69. The minimum absolute atomic E-state index is 0.0237. The lowest BCUT2D eigenvalue weighted by molar-refractivity contribution is 0.0984. The van der Waals surface area contributed by atoms with Crippen molar-refractivity contribution in [3.05, 3.63) is 52.8 Å². The topological polar surface area (TPSA) is 36.1 Å². The van der Waals surface area contributed by atoms with Gasteiger partial charge >= 0.3 is 0 Å². The van der Waals surface area contributed by atoms with Gasteiger partial charge in [-0.2, -0.15) is 0 Å². The lowest BCUT2D eigenvalue weighted by atomic mass is 10.2. The molecule has 0 radical (unpaired) electrons. The summed E-state index contributed by atoms with van der Waals surface area (Å²) >= 11 is 3.33. The SMILES string of the molecule is CCN(C(=O)c1cc(Br)c[nH]1)c1ccccc1.